The molecule has 0 aliphatic rings. The fourth-order valence-electron chi connectivity index (χ4n) is 2.50. The lowest BCUT2D eigenvalue weighted by Crippen LogP contribution is -2.25. The molecule has 3 heteroatoms. The maximum atomic E-state index is 11.4. The lowest BCUT2D eigenvalue weighted by atomic mass is 9.73. The summed E-state index contributed by atoms with van der Waals surface area (Å²) in [7, 11) is 0. The molecule has 0 aliphatic heterocycles. The zero-order valence-electron chi connectivity index (χ0n) is 13.4. The number of amides is 1. The van der Waals surface area contributed by atoms with Gasteiger partial charge in [0.2, 0.25) is 5.91 Å². The van der Waals surface area contributed by atoms with E-state index in [4.69, 9.17) is 5.73 Å². The molecule has 112 valence electrons. The number of hydrogen-bond donors (Lipinski definition) is 2. The summed E-state index contributed by atoms with van der Waals surface area (Å²) < 4.78 is 0. The van der Waals surface area contributed by atoms with Gasteiger partial charge in [-0.25, -0.2) is 0 Å². The van der Waals surface area contributed by atoms with E-state index in [1.165, 1.54) is 0 Å². The van der Waals surface area contributed by atoms with Gasteiger partial charge in [0.15, 0.2) is 0 Å². The molecule has 1 amide bonds. The standard InChI is InChI=1S/C17H27NO2/c1-16(2,3)12(10-15(18)20)11-7-8-14(19)13(9-11)17(4,5)6/h7-9,12,19H,10H2,1-6H3,(H2,18,20). The highest BCUT2D eigenvalue weighted by atomic mass is 16.3. The Morgan fingerprint density at radius 2 is 1.75 bits per heavy atom. The van der Waals surface area contributed by atoms with Crippen LogP contribution in [0.3, 0.4) is 0 Å². The summed E-state index contributed by atoms with van der Waals surface area (Å²) in [6, 6.07) is 5.62. The molecule has 1 atom stereocenters. The molecule has 0 aliphatic carbocycles. The third kappa shape index (κ3) is 3.99. The SMILES string of the molecule is CC(C)(C)c1cc(C(CC(N)=O)C(C)(C)C)ccc1O. The molecule has 0 saturated carbocycles. The van der Waals surface area contributed by atoms with E-state index in [1.54, 1.807) is 6.07 Å². The van der Waals surface area contributed by atoms with E-state index in [1.807, 2.05) is 12.1 Å². The van der Waals surface area contributed by atoms with Crippen molar-refractivity contribution in [2.45, 2.75) is 59.3 Å². The molecule has 0 heterocycles. The van der Waals surface area contributed by atoms with Crippen molar-refractivity contribution in [2.75, 3.05) is 0 Å². The zero-order valence-corrected chi connectivity index (χ0v) is 13.4. The maximum absolute atomic E-state index is 11.4. The van der Waals surface area contributed by atoms with Gasteiger partial charge in [-0.2, -0.15) is 0 Å². The van der Waals surface area contributed by atoms with Gasteiger partial charge in [-0.1, -0.05) is 53.7 Å². The number of carbonyl (C=O) groups is 1. The van der Waals surface area contributed by atoms with Gasteiger partial charge in [-0.15, -0.1) is 0 Å². The Labute approximate surface area is 122 Å². The Kier molecular flexibility index (Phi) is 4.52. The summed E-state index contributed by atoms with van der Waals surface area (Å²) in [5.41, 5.74) is 7.13. The minimum absolute atomic E-state index is 0.0432. The molecule has 0 fully saturated rings. The van der Waals surface area contributed by atoms with Crippen molar-refractivity contribution < 1.29 is 9.90 Å². The van der Waals surface area contributed by atoms with Crippen molar-refractivity contribution in [1.29, 1.82) is 0 Å². The summed E-state index contributed by atoms with van der Waals surface area (Å²) in [4.78, 5) is 11.4. The van der Waals surface area contributed by atoms with Crippen LogP contribution in [-0.4, -0.2) is 11.0 Å². The number of phenolic OH excluding ortho intramolecular Hbond substituents is 1. The predicted molar refractivity (Wildman–Crippen MR) is 82.8 cm³/mol. The summed E-state index contributed by atoms with van der Waals surface area (Å²) in [6.45, 7) is 12.5. The second-order valence-corrected chi connectivity index (χ2v) is 7.62. The first-order valence-corrected chi connectivity index (χ1v) is 7.04. The van der Waals surface area contributed by atoms with Crippen molar-refractivity contribution in [2.24, 2.45) is 11.1 Å². The van der Waals surface area contributed by atoms with Crippen molar-refractivity contribution >= 4 is 5.91 Å². The Balaban J connectivity index is 3.32. The minimum Gasteiger partial charge on any atom is -0.508 e. The zero-order chi connectivity index (χ0) is 15.7. The number of carbonyl (C=O) groups excluding carboxylic acids is 1. The molecular formula is C17H27NO2. The first kappa shape index (κ1) is 16.5. The van der Waals surface area contributed by atoms with Gasteiger partial charge in [0.25, 0.3) is 0 Å². The highest BCUT2D eigenvalue weighted by molar-refractivity contribution is 5.75. The molecule has 0 spiro atoms. The van der Waals surface area contributed by atoms with E-state index in [2.05, 4.69) is 41.5 Å². The quantitative estimate of drug-likeness (QED) is 0.885. The number of benzene rings is 1. The van der Waals surface area contributed by atoms with Crippen molar-refractivity contribution in [3.8, 4) is 5.75 Å². The van der Waals surface area contributed by atoms with Crippen LogP contribution in [0.1, 0.15) is 65.0 Å². The Hall–Kier alpha value is -1.51. The van der Waals surface area contributed by atoms with Gasteiger partial charge >= 0.3 is 0 Å². The van der Waals surface area contributed by atoms with Crippen LogP contribution in [0.4, 0.5) is 0 Å². The van der Waals surface area contributed by atoms with E-state index >= 15 is 0 Å². The van der Waals surface area contributed by atoms with Crippen LogP contribution in [0.2, 0.25) is 0 Å². The molecule has 0 saturated heterocycles. The second-order valence-electron chi connectivity index (χ2n) is 7.62. The molecule has 1 aromatic rings. The topological polar surface area (TPSA) is 63.3 Å². The molecule has 1 aromatic carbocycles. The van der Waals surface area contributed by atoms with Gasteiger partial charge in [0, 0.05) is 6.42 Å². The monoisotopic (exact) mass is 277 g/mol. The minimum atomic E-state index is -0.296. The highest BCUT2D eigenvalue weighted by Crippen LogP contribution is 2.40. The van der Waals surface area contributed by atoms with E-state index in [9.17, 15) is 9.90 Å². The molecule has 20 heavy (non-hydrogen) atoms. The van der Waals surface area contributed by atoms with Crippen molar-refractivity contribution in [3.05, 3.63) is 29.3 Å². The molecule has 3 nitrogen and oxygen atoms in total. The third-order valence-corrected chi connectivity index (χ3v) is 3.68. The van der Waals surface area contributed by atoms with Crippen LogP contribution < -0.4 is 5.73 Å². The average molecular weight is 277 g/mol. The third-order valence-electron chi connectivity index (χ3n) is 3.68. The number of hydrogen-bond acceptors (Lipinski definition) is 2. The fraction of sp³-hybridized carbons (Fsp3) is 0.588. The molecule has 0 bridgehead atoms. The number of phenols is 1. The largest absolute Gasteiger partial charge is 0.508 e. The average Bonchev–Trinajstić information content (AvgIpc) is 2.23. The predicted octanol–water partition coefficient (Wildman–Crippen LogP) is 3.69. The van der Waals surface area contributed by atoms with Gasteiger partial charge in [-0.05, 0) is 33.9 Å². The van der Waals surface area contributed by atoms with Crippen LogP contribution in [0, 0.1) is 5.41 Å². The van der Waals surface area contributed by atoms with Crippen LogP contribution in [0.15, 0.2) is 18.2 Å². The van der Waals surface area contributed by atoms with Gasteiger partial charge < -0.3 is 10.8 Å². The Morgan fingerprint density at radius 1 is 1.20 bits per heavy atom. The van der Waals surface area contributed by atoms with Gasteiger partial charge in [0.05, 0.1) is 0 Å². The Bertz CT molecular complexity index is 493. The molecule has 1 rings (SSSR count). The molecular weight excluding hydrogens is 250 g/mol. The van der Waals surface area contributed by atoms with Crippen molar-refractivity contribution in [1.82, 2.24) is 0 Å². The molecule has 1 unspecified atom stereocenters. The second kappa shape index (κ2) is 5.47. The van der Waals surface area contributed by atoms with E-state index in [0.29, 0.717) is 12.2 Å². The Morgan fingerprint density at radius 3 is 2.15 bits per heavy atom. The summed E-state index contributed by atoms with van der Waals surface area (Å²) >= 11 is 0. The number of nitrogens with two attached hydrogens (primary N) is 1. The normalized spacial score (nSPS) is 14.1. The van der Waals surface area contributed by atoms with Gasteiger partial charge in [-0.3, -0.25) is 4.79 Å². The van der Waals surface area contributed by atoms with Crippen LogP contribution in [0.5, 0.6) is 5.75 Å². The smallest absolute Gasteiger partial charge is 0.218 e. The first-order valence-electron chi connectivity index (χ1n) is 7.04. The van der Waals surface area contributed by atoms with E-state index in [-0.39, 0.29) is 22.7 Å². The van der Waals surface area contributed by atoms with E-state index < -0.39 is 0 Å². The molecule has 0 aromatic heterocycles. The van der Waals surface area contributed by atoms with Crippen LogP contribution >= 0.6 is 0 Å². The lowest BCUT2D eigenvalue weighted by molar-refractivity contribution is -0.118. The van der Waals surface area contributed by atoms with Crippen molar-refractivity contribution in [3.63, 3.8) is 0 Å². The number of rotatable bonds is 3. The summed E-state index contributed by atoms with van der Waals surface area (Å²) in [5.74, 6) is 0.0463. The fourth-order valence-corrected chi connectivity index (χ4v) is 2.50. The number of primary amides is 1. The van der Waals surface area contributed by atoms with Crippen LogP contribution in [0.25, 0.3) is 0 Å². The molecule has 3 N–H and O–H groups in total. The van der Waals surface area contributed by atoms with E-state index in [0.717, 1.165) is 11.1 Å². The number of aromatic hydroxyl groups is 1. The highest BCUT2D eigenvalue weighted by Gasteiger charge is 2.29. The molecule has 0 radical (unpaired) electrons. The summed E-state index contributed by atoms with van der Waals surface area (Å²) in [5, 5.41) is 10.0. The first-order chi connectivity index (χ1) is 8.93. The van der Waals surface area contributed by atoms with Crippen LogP contribution in [-0.2, 0) is 10.2 Å². The maximum Gasteiger partial charge on any atom is 0.218 e. The van der Waals surface area contributed by atoms with Gasteiger partial charge in [0.1, 0.15) is 5.75 Å². The summed E-state index contributed by atoms with van der Waals surface area (Å²) in [6.07, 6.45) is 0.317. The lowest BCUT2D eigenvalue weighted by Gasteiger charge is -2.32.